The van der Waals surface area contributed by atoms with Crippen molar-refractivity contribution in [2.24, 2.45) is 5.92 Å². The number of rotatable bonds is 5. The van der Waals surface area contributed by atoms with Crippen molar-refractivity contribution in [3.05, 3.63) is 23.9 Å². The fourth-order valence-corrected chi connectivity index (χ4v) is 2.77. The lowest BCUT2D eigenvalue weighted by molar-refractivity contribution is 0.544. The SMILES string of the molecule is CNCc1cccnc1N(C)CC1CCCC1. The maximum Gasteiger partial charge on any atom is 0.132 e. The summed E-state index contributed by atoms with van der Waals surface area (Å²) < 4.78 is 0. The lowest BCUT2D eigenvalue weighted by atomic mass is 10.1. The summed E-state index contributed by atoms with van der Waals surface area (Å²) in [5, 5.41) is 3.21. The van der Waals surface area contributed by atoms with E-state index in [1.54, 1.807) is 0 Å². The summed E-state index contributed by atoms with van der Waals surface area (Å²) in [5.41, 5.74) is 1.29. The van der Waals surface area contributed by atoms with Crippen LogP contribution < -0.4 is 10.2 Å². The fourth-order valence-electron chi connectivity index (χ4n) is 2.77. The lowest BCUT2D eigenvalue weighted by Crippen LogP contribution is -2.26. The van der Waals surface area contributed by atoms with Gasteiger partial charge in [0.15, 0.2) is 0 Å². The maximum absolute atomic E-state index is 4.53. The number of pyridine rings is 1. The van der Waals surface area contributed by atoms with Gasteiger partial charge in [-0.15, -0.1) is 0 Å². The van der Waals surface area contributed by atoms with Crippen LogP contribution in [0.25, 0.3) is 0 Å². The van der Waals surface area contributed by atoms with Crippen molar-refractivity contribution in [2.45, 2.75) is 32.2 Å². The van der Waals surface area contributed by atoms with Crippen molar-refractivity contribution in [3.8, 4) is 0 Å². The smallest absolute Gasteiger partial charge is 0.132 e. The number of nitrogens with zero attached hydrogens (tertiary/aromatic N) is 2. The molecule has 0 radical (unpaired) electrons. The quantitative estimate of drug-likeness (QED) is 0.846. The van der Waals surface area contributed by atoms with Crippen LogP contribution in [0.4, 0.5) is 5.82 Å². The molecule has 0 amide bonds. The van der Waals surface area contributed by atoms with E-state index in [0.717, 1.165) is 24.8 Å². The van der Waals surface area contributed by atoms with Gasteiger partial charge in [-0.3, -0.25) is 0 Å². The standard InChI is InChI=1S/C14H23N3/c1-15-10-13-8-5-9-16-14(13)17(2)11-12-6-3-4-7-12/h5,8-9,12,15H,3-4,6-7,10-11H2,1-2H3. The Bertz CT molecular complexity index is 345. The zero-order chi connectivity index (χ0) is 12.1. The lowest BCUT2D eigenvalue weighted by Gasteiger charge is -2.24. The van der Waals surface area contributed by atoms with Crippen molar-refractivity contribution in [2.75, 3.05) is 25.5 Å². The molecule has 1 saturated carbocycles. The highest BCUT2D eigenvalue weighted by molar-refractivity contribution is 5.45. The van der Waals surface area contributed by atoms with E-state index in [2.05, 4.69) is 28.3 Å². The molecule has 0 saturated heterocycles. The molecule has 1 aliphatic carbocycles. The third kappa shape index (κ3) is 3.19. The summed E-state index contributed by atoms with van der Waals surface area (Å²) in [6.07, 6.45) is 7.48. The second kappa shape index (κ2) is 6.01. The van der Waals surface area contributed by atoms with E-state index >= 15 is 0 Å². The van der Waals surface area contributed by atoms with Gasteiger partial charge in [-0.25, -0.2) is 4.98 Å². The molecule has 0 aliphatic heterocycles. The highest BCUT2D eigenvalue weighted by Gasteiger charge is 2.18. The zero-order valence-corrected chi connectivity index (χ0v) is 10.9. The number of hydrogen-bond acceptors (Lipinski definition) is 3. The molecule has 0 atom stereocenters. The predicted octanol–water partition coefficient (Wildman–Crippen LogP) is 2.43. The van der Waals surface area contributed by atoms with E-state index in [9.17, 15) is 0 Å². The van der Waals surface area contributed by atoms with Gasteiger partial charge < -0.3 is 10.2 Å². The first-order valence-electron chi connectivity index (χ1n) is 6.61. The Morgan fingerprint density at radius 2 is 2.18 bits per heavy atom. The van der Waals surface area contributed by atoms with Gasteiger partial charge in [0, 0.05) is 31.9 Å². The third-order valence-corrected chi connectivity index (χ3v) is 3.60. The van der Waals surface area contributed by atoms with Crippen LogP contribution in [0.5, 0.6) is 0 Å². The number of hydrogen-bond donors (Lipinski definition) is 1. The molecular formula is C14H23N3. The minimum Gasteiger partial charge on any atom is -0.359 e. The Hall–Kier alpha value is -1.09. The summed E-state index contributed by atoms with van der Waals surface area (Å²) >= 11 is 0. The molecule has 94 valence electrons. The molecule has 3 nitrogen and oxygen atoms in total. The Balaban J connectivity index is 2.03. The van der Waals surface area contributed by atoms with Crippen LogP contribution in [-0.4, -0.2) is 25.6 Å². The predicted molar refractivity (Wildman–Crippen MR) is 72.2 cm³/mol. The van der Waals surface area contributed by atoms with Crippen LogP contribution in [0, 0.1) is 5.92 Å². The number of anilines is 1. The van der Waals surface area contributed by atoms with Gasteiger partial charge in [0.2, 0.25) is 0 Å². The Morgan fingerprint density at radius 1 is 1.41 bits per heavy atom. The van der Waals surface area contributed by atoms with Crippen LogP contribution in [0.2, 0.25) is 0 Å². The second-order valence-corrected chi connectivity index (χ2v) is 5.05. The van der Waals surface area contributed by atoms with Crippen LogP contribution in [0.15, 0.2) is 18.3 Å². The molecule has 0 aromatic carbocycles. The molecule has 1 fully saturated rings. The van der Waals surface area contributed by atoms with E-state index in [0.29, 0.717) is 0 Å². The molecule has 0 bridgehead atoms. The average Bonchev–Trinajstić information content (AvgIpc) is 2.83. The highest BCUT2D eigenvalue weighted by atomic mass is 15.2. The van der Waals surface area contributed by atoms with Crippen LogP contribution in [-0.2, 0) is 6.54 Å². The van der Waals surface area contributed by atoms with E-state index in [4.69, 9.17) is 0 Å². The highest BCUT2D eigenvalue weighted by Crippen LogP contribution is 2.27. The van der Waals surface area contributed by atoms with Gasteiger partial charge in [-0.05, 0) is 31.9 Å². The summed E-state index contributed by atoms with van der Waals surface area (Å²) in [6, 6.07) is 4.17. The molecule has 1 N–H and O–H groups in total. The van der Waals surface area contributed by atoms with Gasteiger partial charge >= 0.3 is 0 Å². The normalized spacial score (nSPS) is 16.4. The molecule has 2 rings (SSSR count). The van der Waals surface area contributed by atoms with Crippen LogP contribution in [0.1, 0.15) is 31.2 Å². The summed E-state index contributed by atoms with van der Waals surface area (Å²) in [7, 11) is 4.15. The molecule has 0 unspecified atom stereocenters. The van der Waals surface area contributed by atoms with Crippen molar-refractivity contribution in [1.29, 1.82) is 0 Å². The molecule has 1 aromatic heterocycles. The second-order valence-electron chi connectivity index (χ2n) is 5.05. The van der Waals surface area contributed by atoms with Gasteiger partial charge in [0.05, 0.1) is 0 Å². The first-order chi connectivity index (χ1) is 8.31. The minimum absolute atomic E-state index is 0.865. The molecule has 1 aromatic rings. The van der Waals surface area contributed by atoms with Gasteiger partial charge in [-0.2, -0.15) is 0 Å². The fraction of sp³-hybridized carbons (Fsp3) is 0.643. The number of nitrogens with one attached hydrogen (secondary N) is 1. The average molecular weight is 233 g/mol. The van der Waals surface area contributed by atoms with E-state index < -0.39 is 0 Å². The van der Waals surface area contributed by atoms with Gasteiger partial charge in [0.1, 0.15) is 5.82 Å². The van der Waals surface area contributed by atoms with Gasteiger partial charge in [0.25, 0.3) is 0 Å². The molecule has 1 aliphatic rings. The molecule has 17 heavy (non-hydrogen) atoms. The molecule has 1 heterocycles. The number of aromatic nitrogens is 1. The first kappa shape index (κ1) is 12.4. The van der Waals surface area contributed by atoms with Crippen molar-refractivity contribution in [1.82, 2.24) is 10.3 Å². The minimum atomic E-state index is 0.865. The van der Waals surface area contributed by atoms with Crippen LogP contribution >= 0.6 is 0 Å². The maximum atomic E-state index is 4.53. The van der Waals surface area contributed by atoms with Crippen LogP contribution in [0.3, 0.4) is 0 Å². The van der Waals surface area contributed by atoms with E-state index in [1.165, 1.54) is 31.2 Å². The Kier molecular flexibility index (Phi) is 4.37. The van der Waals surface area contributed by atoms with Crippen molar-refractivity contribution >= 4 is 5.82 Å². The van der Waals surface area contributed by atoms with E-state index in [-0.39, 0.29) is 0 Å². The Labute approximate surface area is 104 Å². The van der Waals surface area contributed by atoms with Gasteiger partial charge in [-0.1, -0.05) is 18.9 Å². The summed E-state index contributed by atoms with van der Waals surface area (Å²) in [5.74, 6) is 2.00. The largest absolute Gasteiger partial charge is 0.359 e. The summed E-state index contributed by atoms with van der Waals surface area (Å²) in [6.45, 7) is 2.03. The summed E-state index contributed by atoms with van der Waals surface area (Å²) in [4.78, 5) is 6.85. The monoisotopic (exact) mass is 233 g/mol. The first-order valence-corrected chi connectivity index (χ1v) is 6.61. The zero-order valence-electron chi connectivity index (χ0n) is 10.9. The topological polar surface area (TPSA) is 28.2 Å². The van der Waals surface area contributed by atoms with Crippen molar-refractivity contribution in [3.63, 3.8) is 0 Å². The molecular weight excluding hydrogens is 210 g/mol. The molecule has 0 spiro atoms. The molecule has 3 heteroatoms. The Morgan fingerprint density at radius 3 is 2.88 bits per heavy atom. The van der Waals surface area contributed by atoms with Crippen molar-refractivity contribution < 1.29 is 0 Å². The third-order valence-electron chi connectivity index (χ3n) is 3.60. The van der Waals surface area contributed by atoms with E-state index in [1.807, 2.05) is 19.3 Å².